The molecule has 2 bridgehead atoms. The maximum absolute atomic E-state index is 12.5. The molecule has 5 nitrogen and oxygen atoms in total. The second-order valence-electron chi connectivity index (χ2n) is 7.29. The molecule has 1 saturated heterocycles. The van der Waals surface area contributed by atoms with Gasteiger partial charge in [-0.15, -0.1) is 22.7 Å². The van der Waals surface area contributed by atoms with Crippen molar-refractivity contribution in [3.8, 4) is 15.8 Å². The molecule has 2 aromatic heterocycles. The van der Waals surface area contributed by atoms with Gasteiger partial charge in [-0.3, -0.25) is 9.59 Å². The number of thiophene rings is 2. The second-order valence-corrected chi connectivity index (χ2v) is 9.55. The van der Waals surface area contributed by atoms with E-state index in [2.05, 4.69) is 16.7 Å². The molecule has 4 rings (SSSR count). The van der Waals surface area contributed by atoms with Crippen molar-refractivity contribution < 1.29 is 9.59 Å². The summed E-state index contributed by atoms with van der Waals surface area (Å²) in [6, 6.07) is 9.85. The molecule has 4 atom stereocenters. The van der Waals surface area contributed by atoms with Crippen LogP contribution in [0.2, 0.25) is 0 Å². The highest BCUT2D eigenvalue weighted by molar-refractivity contribution is 7.23. The Morgan fingerprint density at radius 2 is 2.04 bits per heavy atom. The number of piperidine rings is 1. The largest absolute Gasteiger partial charge is 0.339 e. The SMILES string of the molecule is CC(=O)c1ccc(-c2ccc(C[C@@H](C#N)NC(=O)[C@H]3N[C@H]4CC[C@H]3C4)s2)s1. The van der Waals surface area contributed by atoms with E-state index < -0.39 is 6.04 Å². The molecule has 2 aliphatic rings. The van der Waals surface area contributed by atoms with Crippen molar-refractivity contribution in [3.05, 3.63) is 34.0 Å². The molecule has 1 aliphatic heterocycles. The first kappa shape index (κ1) is 18.4. The molecular weight excluding hydrogens is 378 g/mol. The van der Waals surface area contributed by atoms with E-state index in [9.17, 15) is 14.9 Å². The first-order chi connectivity index (χ1) is 13.0. The monoisotopic (exact) mass is 399 g/mol. The average Bonchev–Trinajstić information content (AvgIpc) is 3.43. The third-order valence-corrected chi connectivity index (χ3v) is 7.87. The summed E-state index contributed by atoms with van der Waals surface area (Å²) in [5, 5.41) is 15.8. The lowest BCUT2D eigenvalue weighted by Gasteiger charge is -2.23. The van der Waals surface area contributed by atoms with Crippen LogP contribution in [-0.4, -0.2) is 29.8 Å². The number of fused-ring (bicyclic) bond motifs is 2. The molecule has 1 aliphatic carbocycles. The Kier molecular flexibility index (Phi) is 5.13. The standard InChI is InChI=1S/C20H21N3O2S2/c1-11(24)16-6-7-18(27-16)17-5-4-15(26-17)9-14(10-21)23-20(25)19-12-2-3-13(8-12)22-19/h4-7,12-14,19,22H,2-3,8-9H2,1H3,(H,23,25)/t12-,13-,14-,19-/m0/s1. The topological polar surface area (TPSA) is 82.0 Å². The molecule has 27 heavy (non-hydrogen) atoms. The van der Waals surface area contributed by atoms with E-state index >= 15 is 0 Å². The Hall–Kier alpha value is -2.01. The molecule has 0 spiro atoms. The van der Waals surface area contributed by atoms with Crippen LogP contribution in [0.5, 0.6) is 0 Å². The van der Waals surface area contributed by atoms with Crippen LogP contribution in [-0.2, 0) is 11.2 Å². The zero-order valence-electron chi connectivity index (χ0n) is 15.0. The van der Waals surface area contributed by atoms with Gasteiger partial charge in [-0.2, -0.15) is 5.26 Å². The van der Waals surface area contributed by atoms with Crippen LogP contribution in [0.25, 0.3) is 9.75 Å². The number of nitriles is 1. The van der Waals surface area contributed by atoms with Crippen molar-refractivity contribution in [3.63, 3.8) is 0 Å². The first-order valence-corrected chi connectivity index (χ1v) is 10.8. The summed E-state index contributed by atoms with van der Waals surface area (Å²) in [5.74, 6) is 0.441. The van der Waals surface area contributed by atoms with Gasteiger partial charge in [0.15, 0.2) is 5.78 Å². The number of ketones is 1. The van der Waals surface area contributed by atoms with E-state index in [1.54, 1.807) is 18.3 Å². The van der Waals surface area contributed by atoms with Crippen molar-refractivity contribution in [2.75, 3.05) is 0 Å². The fourth-order valence-corrected chi connectivity index (χ4v) is 6.07. The van der Waals surface area contributed by atoms with Gasteiger partial charge in [-0.1, -0.05) is 0 Å². The maximum Gasteiger partial charge on any atom is 0.238 e. The Balaban J connectivity index is 1.39. The number of nitrogens with one attached hydrogen (secondary N) is 2. The van der Waals surface area contributed by atoms with Gasteiger partial charge in [-0.25, -0.2) is 0 Å². The fourth-order valence-electron chi connectivity index (χ4n) is 4.02. The number of carbonyl (C=O) groups is 2. The molecular formula is C20H21N3O2S2. The molecule has 2 aromatic rings. The van der Waals surface area contributed by atoms with Crippen LogP contribution >= 0.6 is 22.7 Å². The first-order valence-electron chi connectivity index (χ1n) is 9.19. The summed E-state index contributed by atoms with van der Waals surface area (Å²) >= 11 is 3.09. The van der Waals surface area contributed by atoms with Gasteiger partial charge in [0.1, 0.15) is 6.04 Å². The third kappa shape index (κ3) is 3.84. The molecule has 1 saturated carbocycles. The van der Waals surface area contributed by atoms with Crippen LogP contribution in [0.3, 0.4) is 0 Å². The molecule has 2 N–H and O–H groups in total. The van der Waals surface area contributed by atoms with Gasteiger partial charge in [0.05, 0.1) is 17.0 Å². The highest BCUT2D eigenvalue weighted by Gasteiger charge is 2.43. The summed E-state index contributed by atoms with van der Waals surface area (Å²) < 4.78 is 0. The molecule has 0 radical (unpaired) electrons. The van der Waals surface area contributed by atoms with Crippen molar-refractivity contribution in [2.45, 2.75) is 50.7 Å². The number of rotatable bonds is 6. The number of hydrogen-bond donors (Lipinski definition) is 2. The lowest BCUT2D eigenvalue weighted by atomic mass is 9.99. The third-order valence-electron chi connectivity index (χ3n) is 5.38. The molecule has 2 fully saturated rings. The van der Waals surface area contributed by atoms with Gasteiger partial charge in [0.2, 0.25) is 5.91 Å². The van der Waals surface area contributed by atoms with Gasteiger partial charge in [0.25, 0.3) is 0 Å². The van der Waals surface area contributed by atoms with E-state index in [-0.39, 0.29) is 17.7 Å². The van der Waals surface area contributed by atoms with E-state index in [1.165, 1.54) is 11.3 Å². The van der Waals surface area contributed by atoms with E-state index in [4.69, 9.17) is 0 Å². The average molecular weight is 400 g/mol. The smallest absolute Gasteiger partial charge is 0.238 e. The van der Waals surface area contributed by atoms with E-state index in [1.807, 2.05) is 24.3 Å². The van der Waals surface area contributed by atoms with Crippen LogP contribution in [0.15, 0.2) is 24.3 Å². The van der Waals surface area contributed by atoms with Gasteiger partial charge in [0, 0.05) is 27.1 Å². The van der Waals surface area contributed by atoms with E-state index in [0.717, 1.165) is 38.8 Å². The lowest BCUT2D eigenvalue weighted by Crippen LogP contribution is -2.50. The number of amides is 1. The zero-order valence-corrected chi connectivity index (χ0v) is 16.7. The highest BCUT2D eigenvalue weighted by Crippen LogP contribution is 2.36. The molecule has 0 aromatic carbocycles. The molecule has 7 heteroatoms. The quantitative estimate of drug-likeness (QED) is 0.730. The predicted octanol–water partition coefficient (Wildman–Crippen LogP) is 3.37. The number of nitrogens with zero attached hydrogens (tertiary/aromatic N) is 1. The molecule has 140 valence electrons. The minimum Gasteiger partial charge on any atom is -0.339 e. The fraction of sp³-hybridized carbons (Fsp3) is 0.450. The van der Waals surface area contributed by atoms with Crippen molar-refractivity contribution >= 4 is 34.4 Å². The van der Waals surface area contributed by atoms with Crippen molar-refractivity contribution in [1.29, 1.82) is 5.26 Å². The van der Waals surface area contributed by atoms with Crippen LogP contribution in [0.4, 0.5) is 0 Å². The predicted molar refractivity (Wildman–Crippen MR) is 107 cm³/mol. The normalized spacial score (nSPS) is 24.5. The van der Waals surface area contributed by atoms with Gasteiger partial charge in [-0.05, 0) is 56.4 Å². The second kappa shape index (κ2) is 7.55. The van der Waals surface area contributed by atoms with Crippen molar-refractivity contribution in [1.82, 2.24) is 10.6 Å². The summed E-state index contributed by atoms with van der Waals surface area (Å²) in [7, 11) is 0. The lowest BCUT2D eigenvalue weighted by molar-refractivity contribution is -0.124. The number of hydrogen-bond acceptors (Lipinski definition) is 6. The summed E-state index contributed by atoms with van der Waals surface area (Å²) in [6.45, 7) is 1.57. The Bertz CT molecular complexity index is 910. The summed E-state index contributed by atoms with van der Waals surface area (Å²) in [6.07, 6.45) is 3.83. The minimum atomic E-state index is -0.527. The van der Waals surface area contributed by atoms with E-state index in [0.29, 0.717) is 18.4 Å². The Labute approximate surface area is 166 Å². The van der Waals surface area contributed by atoms with Crippen LogP contribution < -0.4 is 10.6 Å². The molecule has 0 unspecified atom stereocenters. The summed E-state index contributed by atoms with van der Waals surface area (Å²) in [4.78, 5) is 27.9. The van der Waals surface area contributed by atoms with Gasteiger partial charge >= 0.3 is 0 Å². The van der Waals surface area contributed by atoms with Crippen LogP contribution in [0.1, 0.15) is 40.7 Å². The highest BCUT2D eigenvalue weighted by atomic mass is 32.1. The summed E-state index contributed by atoms with van der Waals surface area (Å²) in [5.41, 5.74) is 0. The number of Topliss-reactive ketones (excluding diaryl/α,β-unsaturated/α-hetero) is 1. The van der Waals surface area contributed by atoms with Gasteiger partial charge < -0.3 is 10.6 Å². The maximum atomic E-state index is 12.5. The minimum absolute atomic E-state index is 0.0464. The number of carbonyl (C=O) groups excluding carboxylic acids is 2. The zero-order chi connectivity index (χ0) is 19.0. The molecule has 1 amide bonds. The molecule has 3 heterocycles. The Morgan fingerprint density at radius 3 is 2.67 bits per heavy atom. The van der Waals surface area contributed by atoms with Crippen molar-refractivity contribution in [2.24, 2.45) is 5.92 Å². The Morgan fingerprint density at radius 1 is 1.26 bits per heavy atom. The van der Waals surface area contributed by atoms with Crippen LogP contribution in [0, 0.1) is 17.2 Å².